The van der Waals surface area contributed by atoms with Crippen molar-refractivity contribution in [1.29, 1.82) is 0 Å². The Bertz CT molecular complexity index is 849. The van der Waals surface area contributed by atoms with Crippen molar-refractivity contribution in [2.45, 2.75) is 114 Å². The molecule has 6 heteroatoms. The summed E-state index contributed by atoms with van der Waals surface area (Å²) in [6.07, 6.45) is 18.4. The maximum atomic E-state index is 14.0. The van der Waals surface area contributed by atoms with Crippen molar-refractivity contribution in [2.75, 3.05) is 5.75 Å². The minimum absolute atomic E-state index is 0.0164. The maximum Gasteiger partial charge on any atom is 0.315 e. The van der Waals surface area contributed by atoms with Crippen LogP contribution < -0.4 is 10.6 Å². The molecule has 0 aromatic heterocycles. The number of urea groups is 1. The number of thioether (sulfide) groups is 1. The molecule has 2 aliphatic heterocycles. The molecule has 198 valence electrons. The van der Waals surface area contributed by atoms with Crippen LogP contribution in [0, 0.1) is 51.8 Å². The van der Waals surface area contributed by atoms with Gasteiger partial charge in [-0.1, -0.05) is 6.42 Å². The Morgan fingerprint density at radius 3 is 1.75 bits per heavy atom. The molecule has 0 radical (unpaired) electrons. The quantitative estimate of drug-likeness (QED) is 0.375. The Morgan fingerprint density at radius 1 is 0.833 bits per heavy atom. The molecule has 10 aliphatic rings. The summed E-state index contributed by atoms with van der Waals surface area (Å²) in [5, 5.41) is 18.2. The van der Waals surface area contributed by atoms with Crippen LogP contribution in [0.25, 0.3) is 0 Å². The largest absolute Gasteiger partial charge is 0.481 e. The number of aliphatic carboxylic acids is 1. The predicted octanol–water partition coefficient (Wildman–Crippen LogP) is 5.83. The Hall–Kier alpha value is -0.910. The number of carboxylic acid groups (broad SMARTS) is 1. The van der Waals surface area contributed by atoms with Crippen LogP contribution in [0.1, 0.15) is 96.3 Å². The van der Waals surface area contributed by atoms with E-state index >= 15 is 0 Å². The SMILES string of the molecule is O=C1N[C@H]2[C@H](CS[C@H]2CCCC(C(=O)O)(C23CC4CC(CC(C4)C2)C3)C23CC4CC(CC(C4)C2)C3)N1. The number of hydrogen-bond donors (Lipinski definition) is 3. The summed E-state index contributed by atoms with van der Waals surface area (Å²) in [5.41, 5.74) is -0.465. The average molecular weight is 513 g/mol. The fourth-order valence-electron chi connectivity index (χ4n) is 13.1. The van der Waals surface area contributed by atoms with Crippen molar-refractivity contribution >= 4 is 23.8 Å². The van der Waals surface area contributed by atoms with E-state index in [1.54, 1.807) is 0 Å². The molecule has 0 unspecified atom stereocenters. The summed E-state index contributed by atoms with van der Waals surface area (Å²) >= 11 is 1.99. The van der Waals surface area contributed by atoms with Gasteiger partial charge in [-0.2, -0.15) is 11.8 Å². The van der Waals surface area contributed by atoms with Crippen LogP contribution in [-0.2, 0) is 4.79 Å². The number of nitrogens with one attached hydrogen (secondary N) is 2. The molecule has 10 fully saturated rings. The van der Waals surface area contributed by atoms with Crippen molar-refractivity contribution in [3.05, 3.63) is 0 Å². The summed E-state index contributed by atoms with van der Waals surface area (Å²) in [4.78, 5) is 26.0. The highest BCUT2D eigenvalue weighted by Crippen LogP contribution is 2.77. The molecule has 0 spiro atoms. The Labute approximate surface area is 220 Å². The molecule has 3 atom stereocenters. The third-order valence-electron chi connectivity index (χ3n) is 13.2. The fraction of sp³-hybridized carbons (Fsp3) is 0.933. The van der Waals surface area contributed by atoms with E-state index in [4.69, 9.17) is 0 Å². The van der Waals surface area contributed by atoms with Crippen LogP contribution in [0.3, 0.4) is 0 Å². The first kappa shape index (κ1) is 23.0. The molecule has 2 saturated heterocycles. The topological polar surface area (TPSA) is 78.4 Å². The Morgan fingerprint density at radius 2 is 1.31 bits per heavy atom. The first-order chi connectivity index (χ1) is 17.4. The number of hydrogen-bond acceptors (Lipinski definition) is 3. The molecule has 5 nitrogen and oxygen atoms in total. The summed E-state index contributed by atoms with van der Waals surface area (Å²) in [6.45, 7) is 0. The van der Waals surface area contributed by atoms with Crippen molar-refractivity contribution in [3.8, 4) is 0 Å². The summed E-state index contributed by atoms with van der Waals surface area (Å²) < 4.78 is 0. The molecular formula is C30H44N2O3S. The van der Waals surface area contributed by atoms with Gasteiger partial charge in [0.2, 0.25) is 0 Å². The molecule has 3 N–H and O–H groups in total. The maximum absolute atomic E-state index is 14.0. The van der Waals surface area contributed by atoms with Gasteiger partial charge in [0.15, 0.2) is 0 Å². The second-order valence-electron chi connectivity index (χ2n) is 15.1. The van der Waals surface area contributed by atoms with Gasteiger partial charge in [0.25, 0.3) is 0 Å². The molecule has 2 heterocycles. The van der Waals surface area contributed by atoms with Gasteiger partial charge < -0.3 is 15.7 Å². The Balaban J connectivity index is 1.15. The van der Waals surface area contributed by atoms with Gasteiger partial charge in [0.1, 0.15) is 0 Å². The van der Waals surface area contributed by atoms with Crippen LogP contribution in [0.15, 0.2) is 0 Å². The first-order valence-corrected chi connectivity index (χ1v) is 16.3. The van der Waals surface area contributed by atoms with Gasteiger partial charge in [-0.15, -0.1) is 0 Å². The standard InChI is InChI=1S/C30H44N2O3S/c33-26(34)30(28-10-17-4-18(11-28)6-19(5-17)12-28,29-13-20-7-21(14-29)9-22(8-20)15-29)3-1-2-24-25-23(16-36-24)31-27(35)32-25/h17-25H,1-16H2,(H,33,34)(H2,31,32,35)/t17?,18?,19?,20?,21?,22?,23-,24-,25-,28?,29?,30?/m0/s1. The van der Waals surface area contributed by atoms with Crippen LogP contribution in [0.5, 0.6) is 0 Å². The van der Waals surface area contributed by atoms with Gasteiger partial charge in [0, 0.05) is 11.0 Å². The van der Waals surface area contributed by atoms with E-state index in [1.165, 1.54) is 77.0 Å². The monoisotopic (exact) mass is 512 g/mol. The second kappa shape index (κ2) is 7.82. The van der Waals surface area contributed by atoms with Crippen LogP contribution in [0.2, 0.25) is 0 Å². The number of rotatable bonds is 7. The lowest BCUT2D eigenvalue weighted by molar-refractivity contribution is -0.239. The molecule has 10 rings (SSSR count). The van der Waals surface area contributed by atoms with E-state index in [2.05, 4.69) is 10.6 Å². The lowest BCUT2D eigenvalue weighted by Crippen LogP contribution is -2.67. The zero-order chi connectivity index (χ0) is 24.3. The van der Waals surface area contributed by atoms with Gasteiger partial charge in [-0.05, 0) is 136 Å². The van der Waals surface area contributed by atoms with E-state index in [0.717, 1.165) is 60.5 Å². The molecule has 36 heavy (non-hydrogen) atoms. The smallest absolute Gasteiger partial charge is 0.315 e. The van der Waals surface area contributed by atoms with E-state index in [9.17, 15) is 14.7 Å². The Kier molecular flexibility index (Phi) is 5.00. The first-order valence-electron chi connectivity index (χ1n) is 15.3. The molecule has 0 aromatic rings. The van der Waals surface area contributed by atoms with E-state index < -0.39 is 11.4 Å². The highest BCUT2D eigenvalue weighted by Gasteiger charge is 2.72. The highest BCUT2D eigenvalue weighted by molar-refractivity contribution is 8.00. The highest BCUT2D eigenvalue weighted by atomic mass is 32.2. The van der Waals surface area contributed by atoms with Gasteiger partial charge in [0.05, 0.1) is 17.5 Å². The van der Waals surface area contributed by atoms with Crippen molar-refractivity contribution in [3.63, 3.8) is 0 Å². The number of carbonyl (C=O) groups is 2. The minimum atomic E-state index is -0.536. The van der Waals surface area contributed by atoms with Crippen LogP contribution >= 0.6 is 11.8 Å². The lowest BCUT2D eigenvalue weighted by Gasteiger charge is -2.71. The number of amides is 2. The van der Waals surface area contributed by atoms with Gasteiger partial charge >= 0.3 is 12.0 Å². The zero-order valence-corrected chi connectivity index (χ0v) is 22.5. The van der Waals surface area contributed by atoms with Crippen molar-refractivity contribution in [2.24, 2.45) is 51.8 Å². The van der Waals surface area contributed by atoms with Crippen LogP contribution in [-0.4, -0.2) is 40.2 Å². The van der Waals surface area contributed by atoms with Gasteiger partial charge in [-0.25, -0.2) is 4.79 Å². The third-order valence-corrected chi connectivity index (χ3v) is 14.7. The van der Waals surface area contributed by atoms with E-state index in [-0.39, 0.29) is 28.9 Å². The van der Waals surface area contributed by atoms with E-state index in [1.807, 2.05) is 11.8 Å². The molecule has 8 aliphatic carbocycles. The summed E-state index contributed by atoms with van der Waals surface area (Å²) in [7, 11) is 0. The summed E-state index contributed by atoms with van der Waals surface area (Å²) in [6, 6.07) is 0.459. The third kappa shape index (κ3) is 3.09. The summed E-state index contributed by atoms with van der Waals surface area (Å²) in [5.74, 6) is 5.31. The predicted molar refractivity (Wildman–Crippen MR) is 141 cm³/mol. The fourth-order valence-corrected chi connectivity index (χ4v) is 14.7. The molecular weight excluding hydrogens is 468 g/mol. The molecule has 2 amide bonds. The number of carboxylic acids is 1. The molecule has 8 bridgehead atoms. The molecule has 0 aromatic carbocycles. The van der Waals surface area contributed by atoms with Crippen molar-refractivity contribution in [1.82, 2.24) is 10.6 Å². The normalized spacial score (nSPS) is 53.2. The van der Waals surface area contributed by atoms with Gasteiger partial charge in [-0.3, -0.25) is 4.79 Å². The second-order valence-corrected chi connectivity index (χ2v) is 16.4. The molecule has 8 saturated carbocycles. The lowest BCUT2D eigenvalue weighted by atomic mass is 9.32. The average Bonchev–Trinajstić information content (AvgIpc) is 3.33. The van der Waals surface area contributed by atoms with E-state index in [0.29, 0.717) is 5.25 Å². The zero-order valence-electron chi connectivity index (χ0n) is 21.7. The number of carbonyl (C=O) groups excluding carboxylic acids is 1. The minimum Gasteiger partial charge on any atom is -0.481 e. The number of fused-ring (bicyclic) bond motifs is 1. The van der Waals surface area contributed by atoms with Crippen molar-refractivity contribution < 1.29 is 14.7 Å². The van der Waals surface area contributed by atoms with Crippen LogP contribution in [0.4, 0.5) is 4.79 Å².